The van der Waals surface area contributed by atoms with Crippen LogP contribution in [0.2, 0.25) is 0 Å². The Morgan fingerprint density at radius 2 is 2.21 bits per heavy atom. The Labute approximate surface area is 110 Å². The molecule has 0 radical (unpaired) electrons. The molecule has 0 heterocycles. The first-order chi connectivity index (χ1) is 8.97. The number of methoxy groups -OCH3 is 1. The zero-order valence-electron chi connectivity index (χ0n) is 10.8. The van der Waals surface area contributed by atoms with E-state index in [4.69, 9.17) is 9.84 Å². The smallest absolute Gasteiger partial charge is 0.342 e. The molecule has 0 aliphatic carbocycles. The molecule has 0 unspecified atom stereocenters. The molecule has 0 saturated heterocycles. The maximum atomic E-state index is 11.0. The van der Waals surface area contributed by atoms with E-state index in [1.165, 1.54) is 18.2 Å². The van der Waals surface area contributed by atoms with Crippen LogP contribution < -0.4 is 4.90 Å². The first kappa shape index (κ1) is 14.9. The molecule has 7 nitrogen and oxygen atoms in total. The van der Waals surface area contributed by atoms with Crippen LogP contribution >= 0.6 is 0 Å². The lowest BCUT2D eigenvalue weighted by atomic mass is 10.1. The van der Waals surface area contributed by atoms with Gasteiger partial charge in [0.2, 0.25) is 0 Å². The zero-order valence-corrected chi connectivity index (χ0v) is 10.8. The van der Waals surface area contributed by atoms with Gasteiger partial charge in [-0.3, -0.25) is 10.1 Å². The van der Waals surface area contributed by atoms with Gasteiger partial charge in [-0.05, 0) is 18.6 Å². The number of nitrogens with zero attached hydrogens (tertiary/aromatic N) is 2. The fourth-order valence-electron chi connectivity index (χ4n) is 1.67. The van der Waals surface area contributed by atoms with Gasteiger partial charge in [-0.25, -0.2) is 4.79 Å². The number of hydrogen-bond donors (Lipinski definition) is 1. The van der Waals surface area contributed by atoms with E-state index in [-0.39, 0.29) is 5.56 Å². The molecular formula is C12H16N2O5. The van der Waals surface area contributed by atoms with Crippen molar-refractivity contribution in [2.24, 2.45) is 0 Å². The topological polar surface area (TPSA) is 92.9 Å². The number of ether oxygens (including phenoxy) is 1. The molecule has 19 heavy (non-hydrogen) atoms. The SMILES string of the molecule is COCCCN(C)c1ccc([N+](=O)[O-])c(C(=O)O)c1. The molecule has 1 rings (SSSR count). The van der Waals surface area contributed by atoms with Gasteiger partial charge in [-0.1, -0.05) is 0 Å². The van der Waals surface area contributed by atoms with Crippen molar-refractivity contribution in [1.29, 1.82) is 0 Å². The van der Waals surface area contributed by atoms with Crippen LogP contribution in [0.5, 0.6) is 0 Å². The monoisotopic (exact) mass is 268 g/mol. The number of carbonyl (C=O) groups is 1. The molecule has 1 aromatic carbocycles. The molecule has 0 amide bonds. The van der Waals surface area contributed by atoms with E-state index in [1.54, 1.807) is 14.2 Å². The third-order valence-corrected chi connectivity index (χ3v) is 2.69. The first-order valence-corrected chi connectivity index (χ1v) is 5.69. The summed E-state index contributed by atoms with van der Waals surface area (Å²) in [6, 6.07) is 4.07. The van der Waals surface area contributed by atoms with E-state index in [1.807, 2.05) is 4.90 Å². The van der Waals surface area contributed by atoms with Gasteiger partial charge in [0.05, 0.1) is 4.92 Å². The van der Waals surface area contributed by atoms with Crippen LogP contribution in [-0.4, -0.2) is 43.3 Å². The van der Waals surface area contributed by atoms with E-state index < -0.39 is 16.6 Å². The van der Waals surface area contributed by atoms with E-state index in [0.717, 1.165) is 6.42 Å². The third kappa shape index (κ3) is 3.92. The second-order valence-electron chi connectivity index (χ2n) is 4.03. The highest BCUT2D eigenvalue weighted by Gasteiger charge is 2.20. The minimum Gasteiger partial charge on any atom is -0.477 e. The molecular weight excluding hydrogens is 252 g/mol. The van der Waals surface area contributed by atoms with E-state index in [2.05, 4.69) is 0 Å². The Hall–Kier alpha value is -2.15. The van der Waals surface area contributed by atoms with Gasteiger partial charge in [0, 0.05) is 39.1 Å². The molecule has 1 N–H and O–H groups in total. The molecule has 0 spiro atoms. The summed E-state index contributed by atoms with van der Waals surface area (Å²) in [4.78, 5) is 22.9. The average molecular weight is 268 g/mol. The molecule has 0 aliphatic heterocycles. The van der Waals surface area contributed by atoms with Gasteiger partial charge < -0.3 is 14.7 Å². The number of nitro groups is 1. The summed E-state index contributed by atoms with van der Waals surface area (Å²) in [5.74, 6) is -1.31. The number of benzene rings is 1. The fourth-order valence-corrected chi connectivity index (χ4v) is 1.67. The molecule has 0 saturated carbocycles. The normalized spacial score (nSPS) is 10.2. The third-order valence-electron chi connectivity index (χ3n) is 2.69. The highest BCUT2D eigenvalue weighted by Crippen LogP contribution is 2.24. The summed E-state index contributed by atoms with van der Waals surface area (Å²) in [6.07, 6.45) is 0.784. The molecule has 0 aliphatic rings. The van der Waals surface area contributed by atoms with Crippen LogP contribution in [0.15, 0.2) is 18.2 Å². The predicted molar refractivity (Wildman–Crippen MR) is 69.8 cm³/mol. The Kier molecular flexibility index (Phi) is 5.25. The first-order valence-electron chi connectivity index (χ1n) is 5.69. The number of anilines is 1. The highest BCUT2D eigenvalue weighted by molar-refractivity contribution is 5.93. The maximum Gasteiger partial charge on any atom is 0.342 e. The summed E-state index contributed by atoms with van der Waals surface area (Å²) in [5.41, 5.74) is -0.0817. The van der Waals surface area contributed by atoms with Crippen molar-refractivity contribution in [3.8, 4) is 0 Å². The van der Waals surface area contributed by atoms with Crippen LogP contribution in [0, 0.1) is 10.1 Å². The quantitative estimate of drug-likeness (QED) is 0.460. The number of rotatable bonds is 7. The van der Waals surface area contributed by atoms with Crippen LogP contribution in [0.1, 0.15) is 16.8 Å². The summed E-state index contributed by atoms with van der Waals surface area (Å²) >= 11 is 0. The lowest BCUT2D eigenvalue weighted by Gasteiger charge is -2.19. The van der Waals surface area contributed by atoms with Crippen molar-refractivity contribution < 1.29 is 19.6 Å². The van der Waals surface area contributed by atoms with E-state index in [0.29, 0.717) is 18.8 Å². The molecule has 0 fully saturated rings. The van der Waals surface area contributed by atoms with Gasteiger partial charge in [-0.15, -0.1) is 0 Å². The van der Waals surface area contributed by atoms with Crippen LogP contribution in [0.4, 0.5) is 11.4 Å². The molecule has 0 atom stereocenters. The number of carboxylic acids is 1. The van der Waals surface area contributed by atoms with E-state index >= 15 is 0 Å². The van der Waals surface area contributed by atoms with Gasteiger partial charge in [-0.2, -0.15) is 0 Å². The summed E-state index contributed by atoms with van der Waals surface area (Å²) in [5, 5.41) is 19.7. The van der Waals surface area contributed by atoms with Gasteiger partial charge in [0.15, 0.2) is 0 Å². The van der Waals surface area contributed by atoms with Crippen LogP contribution in [-0.2, 0) is 4.74 Å². The van der Waals surface area contributed by atoms with Crippen molar-refractivity contribution in [3.05, 3.63) is 33.9 Å². The fraction of sp³-hybridized carbons (Fsp3) is 0.417. The van der Waals surface area contributed by atoms with Crippen molar-refractivity contribution in [1.82, 2.24) is 0 Å². The largest absolute Gasteiger partial charge is 0.477 e. The lowest BCUT2D eigenvalue weighted by molar-refractivity contribution is -0.385. The minimum absolute atomic E-state index is 0.305. The van der Waals surface area contributed by atoms with Gasteiger partial charge in [0.1, 0.15) is 5.56 Å². The molecule has 7 heteroatoms. The van der Waals surface area contributed by atoms with E-state index in [9.17, 15) is 14.9 Å². The molecule has 1 aromatic rings. The van der Waals surface area contributed by atoms with Crippen LogP contribution in [0.3, 0.4) is 0 Å². The van der Waals surface area contributed by atoms with Gasteiger partial charge in [0.25, 0.3) is 5.69 Å². The van der Waals surface area contributed by atoms with Crippen molar-refractivity contribution in [3.63, 3.8) is 0 Å². The highest BCUT2D eigenvalue weighted by atomic mass is 16.6. The van der Waals surface area contributed by atoms with Crippen LogP contribution in [0.25, 0.3) is 0 Å². The standard InChI is InChI=1S/C12H16N2O5/c1-13(6-3-7-19-2)9-4-5-11(14(17)18)10(8-9)12(15)16/h4-5,8H,3,6-7H2,1-2H3,(H,15,16). The van der Waals surface area contributed by atoms with Gasteiger partial charge >= 0.3 is 5.97 Å². The Morgan fingerprint density at radius 1 is 1.53 bits per heavy atom. The Balaban J connectivity index is 2.95. The molecule has 0 aromatic heterocycles. The Bertz CT molecular complexity index is 475. The van der Waals surface area contributed by atoms with Crippen molar-refractivity contribution >= 4 is 17.3 Å². The number of hydrogen-bond acceptors (Lipinski definition) is 5. The molecule has 104 valence electrons. The summed E-state index contributed by atoms with van der Waals surface area (Å²) in [6.45, 7) is 1.27. The summed E-state index contributed by atoms with van der Waals surface area (Å²) in [7, 11) is 3.40. The second-order valence-corrected chi connectivity index (χ2v) is 4.03. The van der Waals surface area contributed by atoms with Crippen molar-refractivity contribution in [2.45, 2.75) is 6.42 Å². The average Bonchev–Trinajstić information content (AvgIpc) is 2.38. The number of aromatic carboxylic acids is 1. The Morgan fingerprint density at radius 3 is 2.74 bits per heavy atom. The van der Waals surface area contributed by atoms with Crippen molar-refractivity contribution in [2.75, 3.05) is 32.2 Å². The molecule has 0 bridgehead atoms. The zero-order chi connectivity index (χ0) is 14.4. The number of nitro benzene ring substituents is 1. The minimum atomic E-state index is -1.31. The predicted octanol–water partition coefficient (Wildman–Crippen LogP) is 1.77. The second kappa shape index (κ2) is 6.69. The summed E-state index contributed by atoms with van der Waals surface area (Å²) < 4.78 is 4.93. The lowest BCUT2D eigenvalue weighted by Crippen LogP contribution is -2.20. The number of carboxylic acid groups (broad SMARTS) is 1. The maximum absolute atomic E-state index is 11.0.